The van der Waals surface area contributed by atoms with E-state index in [0.717, 1.165) is 45.0 Å². The van der Waals surface area contributed by atoms with Gasteiger partial charge >= 0.3 is 0 Å². The monoisotopic (exact) mass is 313 g/mol. The topological polar surface area (TPSA) is 22.0 Å². The fourth-order valence-electron chi connectivity index (χ4n) is 3.60. The lowest BCUT2D eigenvalue weighted by Crippen LogP contribution is -2.04. The number of aryl methyl sites for hydroxylation is 1. The SMILES string of the molecule is CCn1c(C)c(C(=O)c2ccc3ccccc3c2)c2ccccc21. The van der Waals surface area contributed by atoms with Crippen molar-refractivity contribution in [2.75, 3.05) is 0 Å². The van der Waals surface area contributed by atoms with Gasteiger partial charge in [-0.25, -0.2) is 0 Å². The van der Waals surface area contributed by atoms with Gasteiger partial charge in [0.15, 0.2) is 5.78 Å². The minimum Gasteiger partial charge on any atom is -0.344 e. The standard InChI is InChI=1S/C22H19NO/c1-3-23-15(2)21(19-10-6-7-11-20(19)23)22(24)18-13-12-16-8-4-5-9-17(16)14-18/h4-14H,3H2,1-2H3. The van der Waals surface area contributed by atoms with E-state index in [9.17, 15) is 4.79 Å². The van der Waals surface area contributed by atoms with Gasteiger partial charge in [-0.1, -0.05) is 54.6 Å². The summed E-state index contributed by atoms with van der Waals surface area (Å²) < 4.78 is 2.21. The maximum atomic E-state index is 13.2. The van der Waals surface area contributed by atoms with Crippen LogP contribution in [0.15, 0.2) is 66.7 Å². The van der Waals surface area contributed by atoms with Crippen molar-refractivity contribution in [1.82, 2.24) is 4.57 Å². The summed E-state index contributed by atoms with van der Waals surface area (Å²) in [5.74, 6) is 0.0988. The second kappa shape index (κ2) is 5.64. The third kappa shape index (κ3) is 2.15. The highest BCUT2D eigenvalue weighted by Gasteiger charge is 2.20. The first-order valence-electron chi connectivity index (χ1n) is 8.32. The van der Waals surface area contributed by atoms with Crippen molar-refractivity contribution in [3.8, 4) is 0 Å². The number of hydrogen-bond donors (Lipinski definition) is 0. The molecule has 4 rings (SSSR count). The number of nitrogens with zero attached hydrogens (tertiary/aromatic N) is 1. The summed E-state index contributed by atoms with van der Waals surface area (Å²) in [5.41, 5.74) is 3.73. The van der Waals surface area contributed by atoms with Gasteiger partial charge in [-0.2, -0.15) is 0 Å². The lowest BCUT2D eigenvalue weighted by atomic mass is 9.98. The first kappa shape index (κ1) is 14.7. The summed E-state index contributed by atoms with van der Waals surface area (Å²) >= 11 is 0. The first-order chi connectivity index (χ1) is 11.7. The Labute approximate surface area is 141 Å². The van der Waals surface area contributed by atoms with Crippen molar-refractivity contribution < 1.29 is 4.79 Å². The number of fused-ring (bicyclic) bond motifs is 2. The molecule has 0 saturated carbocycles. The Morgan fingerprint density at radius 3 is 2.42 bits per heavy atom. The molecule has 0 aliphatic carbocycles. The summed E-state index contributed by atoms with van der Waals surface area (Å²) in [4.78, 5) is 13.2. The van der Waals surface area contributed by atoms with Crippen LogP contribution in [0, 0.1) is 6.92 Å². The molecule has 0 bridgehead atoms. The third-order valence-electron chi connectivity index (χ3n) is 4.79. The van der Waals surface area contributed by atoms with Gasteiger partial charge in [0.05, 0.1) is 5.56 Å². The molecule has 118 valence electrons. The zero-order chi connectivity index (χ0) is 16.7. The maximum absolute atomic E-state index is 13.2. The molecule has 0 amide bonds. The molecule has 3 aromatic carbocycles. The number of hydrogen-bond acceptors (Lipinski definition) is 1. The van der Waals surface area contributed by atoms with Crippen LogP contribution in [-0.2, 0) is 6.54 Å². The van der Waals surface area contributed by atoms with Gasteiger partial charge in [0.25, 0.3) is 0 Å². The van der Waals surface area contributed by atoms with Gasteiger partial charge in [-0.05, 0) is 36.8 Å². The molecule has 24 heavy (non-hydrogen) atoms. The van der Waals surface area contributed by atoms with E-state index in [0.29, 0.717) is 0 Å². The molecule has 0 atom stereocenters. The van der Waals surface area contributed by atoms with Crippen molar-refractivity contribution in [2.24, 2.45) is 0 Å². The molecule has 0 N–H and O–H groups in total. The molecule has 4 aromatic rings. The number of benzene rings is 3. The molecule has 0 saturated heterocycles. The van der Waals surface area contributed by atoms with E-state index < -0.39 is 0 Å². The van der Waals surface area contributed by atoms with Gasteiger partial charge in [-0.3, -0.25) is 4.79 Å². The van der Waals surface area contributed by atoms with E-state index in [2.05, 4.69) is 23.6 Å². The average molecular weight is 313 g/mol. The minimum absolute atomic E-state index is 0.0988. The highest BCUT2D eigenvalue weighted by atomic mass is 16.1. The molecule has 0 aliphatic rings. The minimum atomic E-state index is 0.0988. The van der Waals surface area contributed by atoms with Gasteiger partial charge in [0.2, 0.25) is 0 Å². The highest BCUT2D eigenvalue weighted by molar-refractivity contribution is 6.18. The molecule has 0 aliphatic heterocycles. The number of aromatic nitrogens is 1. The fourth-order valence-corrected chi connectivity index (χ4v) is 3.60. The van der Waals surface area contributed by atoms with Gasteiger partial charge in [0.1, 0.15) is 0 Å². The third-order valence-corrected chi connectivity index (χ3v) is 4.79. The van der Waals surface area contributed by atoms with Crippen LogP contribution in [0.1, 0.15) is 28.5 Å². The summed E-state index contributed by atoms with van der Waals surface area (Å²) in [6.45, 7) is 5.01. The number of rotatable bonds is 3. The van der Waals surface area contributed by atoms with E-state index in [4.69, 9.17) is 0 Å². The molecule has 0 radical (unpaired) electrons. The molecule has 2 nitrogen and oxygen atoms in total. The van der Waals surface area contributed by atoms with E-state index in [1.54, 1.807) is 0 Å². The first-order valence-corrected chi connectivity index (χ1v) is 8.32. The van der Waals surface area contributed by atoms with E-state index in [-0.39, 0.29) is 5.78 Å². The molecule has 0 spiro atoms. The summed E-state index contributed by atoms with van der Waals surface area (Å²) in [7, 11) is 0. The van der Waals surface area contributed by atoms with Gasteiger partial charge in [-0.15, -0.1) is 0 Å². The molecule has 1 heterocycles. The maximum Gasteiger partial charge on any atom is 0.195 e. The summed E-state index contributed by atoms with van der Waals surface area (Å²) in [6.07, 6.45) is 0. The Bertz CT molecular complexity index is 1070. The summed E-state index contributed by atoms with van der Waals surface area (Å²) in [6, 6.07) is 22.2. The van der Waals surface area contributed by atoms with Crippen LogP contribution in [0.2, 0.25) is 0 Å². The second-order valence-corrected chi connectivity index (χ2v) is 6.11. The van der Waals surface area contributed by atoms with Crippen LogP contribution in [0.4, 0.5) is 0 Å². The number of para-hydroxylation sites is 1. The lowest BCUT2D eigenvalue weighted by molar-refractivity contribution is 0.103. The Kier molecular flexibility index (Phi) is 3.46. The van der Waals surface area contributed by atoms with E-state index >= 15 is 0 Å². The van der Waals surface area contributed by atoms with Crippen molar-refractivity contribution in [3.05, 3.63) is 83.6 Å². The number of carbonyl (C=O) groups excluding carboxylic acids is 1. The van der Waals surface area contributed by atoms with Crippen molar-refractivity contribution in [3.63, 3.8) is 0 Å². The van der Waals surface area contributed by atoms with Crippen molar-refractivity contribution in [1.29, 1.82) is 0 Å². The van der Waals surface area contributed by atoms with Crippen LogP contribution in [0.25, 0.3) is 21.7 Å². The Hall–Kier alpha value is -2.87. The molecule has 0 fully saturated rings. The van der Waals surface area contributed by atoms with Gasteiger partial charge < -0.3 is 4.57 Å². The van der Waals surface area contributed by atoms with Crippen LogP contribution < -0.4 is 0 Å². The summed E-state index contributed by atoms with van der Waals surface area (Å²) in [5, 5.41) is 3.29. The van der Waals surface area contributed by atoms with Crippen LogP contribution in [0.5, 0.6) is 0 Å². The lowest BCUT2D eigenvalue weighted by Gasteiger charge is -2.06. The smallest absolute Gasteiger partial charge is 0.195 e. The second-order valence-electron chi connectivity index (χ2n) is 6.11. The predicted molar refractivity (Wildman–Crippen MR) is 99.7 cm³/mol. The van der Waals surface area contributed by atoms with E-state index in [1.165, 1.54) is 0 Å². The van der Waals surface area contributed by atoms with Crippen molar-refractivity contribution in [2.45, 2.75) is 20.4 Å². The van der Waals surface area contributed by atoms with Crippen LogP contribution in [-0.4, -0.2) is 10.4 Å². The van der Waals surface area contributed by atoms with Crippen LogP contribution in [0.3, 0.4) is 0 Å². The van der Waals surface area contributed by atoms with Crippen molar-refractivity contribution >= 4 is 27.5 Å². The zero-order valence-corrected chi connectivity index (χ0v) is 13.9. The molecular weight excluding hydrogens is 294 g/mol. The molecule has 2 heteroatoms. The number of carbonyl (C=O) groups is 1. The predicted octanol–water partition coefficient (Wildman–Crippen LogP) is 5.35. The average Bonchev–Trinajstić information content (AvgIpc) is 2.91. The Morgan fingerprint density at radius 1 is 0.917 bits per heavy atom. The Balaban J connectivity index is 1.93. The highest BCUT2D eigenvalue weighted by Crippen LogP contribution is 2.29. The van der Waals surface area contributed by atoms with E-state index in [1.807, 2.05) is 61.5 Å². The fraction of sp³-hybridized carbons (Fsp3) is 0.136. The largest absolute Gasteiger partial charge is 0.344 e. The zero-order valence-electron chi connectivity index (χ0n) is 13.9. The van der Waals surface area contributed by atoms with Crippen LogP contribution >= 0.6 is 0 Å². The van der Waals surface area contributed by atoms with Gasteiger partial charge in [0, 0.05) is 28.7 Å². The molecule has 0 unspecified atom stereocenters. The number of ketones is 1. The molecule has 1 aromatic heterocycles. The normalized spacial score (nSPS) is 11.2. The quantitative estimate of drug-likeness (QED) is 0.467. The molecular formula is C22H19NO. The Morgan fingerprint density at radius 2 is 1.62 bits per heavy atom.